The lowest BCUT2D eigenvalue weighted by molar-refractivity contribution is -0.918. The first-order valence-electron chi connectivity index (χ1n) is 6.45. The highest BCUT2D eigenvalue weighted by molar-refractivity contribution is 7.89. The molecular weight excluding hydrogens is 281 g/mol. The molecule has 7 heteroatoms. The summed E-state index contributed by atoms with van der Waals surface area (Å²) in [4.78, 5) is 1.06. The summed E-state index contributed by atoms with van der Waals surface area (Å²) in [5.41, 5.74) is 0. The van der Waals surface area contributed by atoms with Gasteiger partial charge in [0.05, 0.1) is 31.1 Å². The molecule has 1 heterocycles. The molecule has 0 amide bonds. The smallest absolute Gasteiger partial charge is 0.243 e. The number of rotatable bonds is 3. The average molecular weight is 298 g/mol. The molecule has 108 valence electrons. The van der Waals surface area contributed by atoms with Crippen LogP contribution >= 0.6 is 0 Å². The Kier molecular flexibility index (Phi) is 4.38. The fraction of sp³-hybridized carbons (Fsp3) is 0.462. The van der Waals surface area contributed by atoms with Crippen molar-refractivity contribution >= 4 is 10.0 Å². The first kappa shape index (κ1) is 14.9. The van der Waals surface area contributed by atoms with Crippen LogP contribution in [0.1, 0.15) is 6.92 Å². The van der Waals surface area contributed by atoms with Crippen molar-refractivity contribution in [2.45, 2.75) is 17.9 Å². The summed E-state index contributed by atoms with van der Waals surface area (Å²) in [6.07, 6.45) is 0. The second-order valence-corrected chi connectivity index (χ2v) is 6.81. The molecule has 0 unspecified atom stereocenters. The van der Waals surface area contributed by atoms with Crippen LogP contribution < -0.4 is 4.90 Å². The summed E-state index contributed by atoms with van der Waals surface area (Å²) in [5.74, 6) is -0.562. The third kappa shape index (κ3) is 2.98. The highest BCUT2D eigenvalue weighted by Gasteiger charge is 2.32. The van der Waals surface area contributed by atoms with Crippen molar-refractivity contribution in [2.24, 2.45) is 0 Å². The summed E-state index contributed by atoms with van der Waals surface area (Å²) in [7, 11) is -3.64. The molecule has 1 atom stereocenters. The monoisotopic (exact) mass is 298 g/mol. The third-order valence-corrected chi connectivity index (χ3v) is 5.50. The molecule has 0 bridgehead atoms. The average Bonchev–Trinajstić information content (AvgIpc) is 2.46. The number of hydrogen-bond acceptors (Lipinski definition) is 3. The van der Waals surface area contributed by atoms with Crippen molar-refractivity contribution < 1.29 is 17.7 Å². The minimum atomic E-state index is -3.64. The van der Waals surface area contributed by atoms with E-state index in [0.29, 0.717) is 26.2 Å². The van der Waals surface area contributed by atoms with Crippen molar-refractivity contribution in [1.29, 1.82) is 5.26 Å². The molecule has 0 aliphatic carbocycles. The Balaban J connectivity index is 2.12. The van der Waals surface area contributed by atoms with Crippen LogP contribution in [-0.2, 0) is 10.0 Å². The fourth-order valence-corrected chi connectivity index (χ4v) is 3.79. The van der Waals surface area contributed by atoms with Gasteiger partial charge in [0, 0.05) is 6.92 Å². The highest BCUT2D eigenvalue weighted by Crippen LogP contribution is 2.16. The van der Waals surface area contributed by atoms with E-state index in [2.05, 4.69) is 6.07 Å². The van der Waals surface area contributed by atoms with E-state index in [4.69, 9.17) is 5.26 Å². The van der Waals surface area contributed by atoms with Gasteiger partial charge in [0.25, 0.3) is 0 Å². The summed E-state index contributed by atoms with van der Waals surface area (Å²) in [6, 6.07) is 7.07. The van der Waals surface area contributed by atoms with Crippen LogP contribution in [0.25, 0.3) is 0 Å². The maximum atomic E-state index is 13.2. The molecule has 2 rings (SSSR count). The molecule has 1 N–H and O–H groups in total. The molecule has 1 aliphatic rings. The Hall–Kier alpha value is -1.49. The van der Waals surface area contributed by atoms with Crippen molar-refractivity contribution in [3.05, 3.63) is 30.1 Å². The minimum absolute atomic E-state index is 0.0192. The first-order valence-corrected chi connectivity index (χ1v) is 7.89. The Bertz CT molecular complexity index is 619. The van der Waals surface area contributed by atoms with Gasteiger partial charge in [-0.15, -0.1) is 0 Å². The van der Waals surface area contributed by atoms with Crippen LogP contribution in [0, 0.1) is 17.1 Å². The minimum Gasteiger partial charge on any atom is -0.319 e. The van der Waals surface area contributed by atoms with Crippen LogP contribution in [0.2, 0.25) is 0 Å². The van der Waals surface area contributed by atoms with E-state index in [9.17, 15) is 12.8 Å². The molecule has 1 fully saturated rings. The topological polar surface area (TPSA) is 65.6 Å². The quantitative estimate of drug-likeness (QED) is 0.828. The van der Waals surface area contributed by atoms with E-state index in [1.807, 2.05) is 6.92 Å². The number of nitrogens with one attached hydrogen (secondary N) is 1. The zero-order valence-corrected chi connectivity index (χ0v) is 12.0. The highest BCUT2D eigenvalue weighted by atomic mass is 32.2. The van der Waals surface area contributed by atoms with Gasteiger partial charge in [0.2, 0.25) is 10.0 Å². The van der Waals surface area contributed by atoms with Gasteiger partial charge in [-0.25, -0.2) is 12.8 Å². The predicted molar refractivity (Wildman–Crippen MR) is 70.9 cm³/mol. The van der Waals surface area contributed by atoms with Gasteiger partial charge >= 0.3 is 0 Å². The zero-order valence-electron chi connectivity index (χ0n) is 11.2. The van der Waals surface area contributed by atoms with Crippen LogP contribution in [0.3, 0.4) is 0 Å². The number of halogens is 1. The van der Waals surface area contributed by atoms with Crippen molar-refractivity contribution in [3.63, 3.8) is 0 Å². The number of sulfonamides is 1. The van der Waals surface area contributed by atoms with Gasteiger partial charge in [0.1, 0.15) is 11.9 Å². The summed E-state index contributed by atoms with van der Waals surface area (Å²) >= 11 is 0. The van der Waals surface area contributed by atoms with Gasteiger partial charge in [-0.1, -0.05) is 6.07 Å². The predicted octanol–water partition coefficient (Wildman–Crippen LogP) is -0.373. The maximum Gasteiger partial charge on any atom is 0.243 e. The van der Waals surface area contributed by atoms with Gasteiger partial charge in [-0.2, -0.15) is 9.57 Å². The molecule has 20 heavy (non-hydrogen) atoms. The van der Waals surface area contributed by atoms with E-state index in [0.717, 1.165) is 11.0 Å². The van der Waals surface area contributed by atoms with Gasteiger partial charge < -0.3 is 4.90 Å². The maximum absolute atomic E-state index is 13.2. The Morgan fingerprint density at radius 1 is 1.40 bits per heavy atom. The number of quaternary nitrogens is 1. The molecule has 0 saturated carbocycles. The standard InChI is InChI=1S/C13H16FN3O2S/c1-11(10-15)16-5-7-17(8-6-16)20(18,19)13-4-2-3-12(14)9-13/h2-4,9,11H,5-8H2,1H3/p+1/t11-/m0/s1. The molecule has 5 nitrogen and oxygen atoms in total. The zero-order chi connectivity index (χ0) is 14.8. The Labute approximate surface area is 118 Å². The van der Waals surface area contributed by atoms with E-state index in [-0.39, 0.29) is 10.9 Å². The second-order valence-electron chi connectivity index (χ2n) is 4.87. The molecule has 0 aromatic heterocycles. The van der Waals surface area contributed by atoms with Gasteiger partial charge in [-0.3, -0.25) is 0 Å². The van der Waals surface area contributed by atoms with Crippen molar-refractivity contribution in [1.82, 2.24) is 4.31 Å². The number of benzene rings is 1. The molecule has 0 radical (unpaired) electrons. The van der Waals surface area contributed by atoms with Crippen LogP contribution in [0.4, 0.5) is 4.39 Å². The fourth-order valence-electron chi connectivity index (χ4n) is 2.31. The lowest BCUT2D eigenvalue weighted by Crippen LogP contribution is -3.17. The Morgan fingerprint density at radius 3 is 2.60 bits per heavy atom. The van der Waals surface area contributed by atoms with Crippen LogP contribution in [-0.4, -0.2) is 44.9 Å². The number of nitriles is 1. The molecule has 1 aromatic carbocycles. The Morgan fingerprint density at radius 2 is 2.05 bits per heavy atom. The number of piperazine rings is 1. The normalized spacial score (nSPS) is 19.4. The van der Waals surface area contributed by atoms with Crippen molar-refractivity contribution in [2.75, 3.05) is 26.2 Å². The largest absolute Gasteiger partial charge is 0.319 e. The number of hydrogen-bond donors (Lipinski definition) is 1. The van der Waals surface area contributed by atoms with Crippen molar-refractivity contribution in [3.8, 4) is 6.07 Å². The third-order valence-electron chi connectivity index (χ3n) is 3.60. The summed E-state index contributed by atoms with van der Waals surface area (Å²) in [6.45, 7) is 3.69. The molecule has 1 aromatic rings. The first-order chi connectivity index (χ1) is 9.45. The molecule has 0 spiro atoms. The van der Waals surface area contributed by atoms with E-state index >= 15 is 0 Å². The molecule has 1 saturated heterocycles. The van der Waals surface area contributed by atoms with E-state index < -0.39 is 15.8 Å². The van der Waals surface area contributed by atoms with Gasteiger partial charge in [0.15, 0.2) is 6.04 Å². The lowest BCUT2D eigenvalue weighted by atomic mass is 10.2. The van der Waals surface area contributed by atoms with Crippen LogP contribution in [0.15, 0.2) is 29.2 Å². The van der Waals surface area contributed by atoms with E-state index in [1.54, 1.807) is 0 Å². The SMILES string of the molecule is C[C@@H](C#N)[NH+]1CCN(S(=O)(=O)c2cccc(F)c2)CC1. The molecular formula is C13H17FN3O2S+. The summed E-state index contributed by atoms with van der Waals surface area (Å²) in [5, 5.41) is 8.88. The summed E-state index contributed by atoms with van der Waals surface area (Å²) < 4.78 is 39.3. The number of nitrogens with zero attached hydrogens (tertiary/aromatic N) is 2. The van der Waals surface area contributed by atoms with E-state index in [1.165, 1.54) is 22.5 Å². The second kappa shape index (κ2) is 5.87. The van der Waals surface area contributed by atoms with Crippen LogP contribution in [0.5, 0.6) is 0 Å². The van der Waals surface area contributed by atoms with Gasteiger partial charge in [-0.05, 0) is 18.2 Å². The lowest BCUT2D eigenvalue weighted by Gasteiger charge is -2.32. The molecule has 1 aliphatic heterocycles.